The van der Waals surface area contributed by atoms with Crippen LogP contribution < -0.4 is 10.6 Å². The van der Waals surface area contributed by atoms with E-state index >= 15 is 0 Å². The van der Waals surface area contributed by atoms with E-state index in [2.05, 4.69) is 25.7 Å². The Morgan fingerprint density at radius 1 is 1.24 bits per heavy atom. The van der Waals surface area contributed by atoms with Gasteiger partial charge in [-0.1, -0.05) is 11.6 Å². The number of benzene rings is 1. The molecule has 1 amide bonds. The molecule has 4 aromatic rings. The summed E-state index contributed by atoms with van der Waals surface area (Å²) in [4.78, 5) is 23.1. The molecule has 0 radical (unpaired) electrons. The Labute approximate surface area is 213 Å². The van der Waals surface area contributed by atoms with E-state index in [0.29, 0.717) is 37.4 Å². The fourth-order valence-corrected chi connectivity index (χ4v) is 4.38. The van der Waals surface area contributed by atoms with Crippen molar-refractivity contribution < 1.29 is 18.0 Å². The van der Waals surface area contributed by atoms with Crippen molar-refractivity contribution in [2.45, 2.75) is 12.7 Å². The Hall–Kier alpha value is -4.15. The number of hydrogen-bond acceptors (Lipinski definition) is 7. The largest absolute Gasteiger partial charge is 0.435 e. The van der Waals surface area contributed by atoms with E-state index in [1.165, 1.54) is 23.0 Å². The van der Waals surface area contributed by atoms with Gasteiger partial charge in [-0.15, -0.1) is 0 Å². The van der Waals surface area contributed by atoms with E-state index in [1.807, 2.05) is 0 Å². The lowest BCUT2D eigenvalue weighted by Crippen LogP contribution is -2.46. The first kappa shape index (κ1) is 24.5. The van der Waals surface area contributed by atoms with Crippen molar-refractivity contribution in [2.75, 3.05) is 31.5 Å². The van der Waals surface area contributed by atoms with Crippen molar-refractivity contribution in [1.29, 1.82) is 5.26 Å². The van der Waals surface area contributed by atoms with Gasteiger partial charge in [-0.25, -0.2) is 9.97 Å². The summed E-state index contributed by atoms with van der Waals surface area (Å²) in [5, 5.41) is 18.9. The Balaban J connectivity index is 1.46. The number of piperazine rings is 1. The number of rotatable bonds is 5. The fourth-order valence-electron chi connectivity index (χ4n) is 4.12. The Bertz CT molecular complexity index is 1520. The van der Waals surface area contributed by atoms with Gasteiger partial charge >= 0.3 is 6.18 Å². The summed E-state index contributed by atoms with van der Waals surface area (Å²) in [6.07, 6.45) is 0.615. The molecule has 5 rings (SSSR count). The lowest BCUT2D eigenvalue weighted by Gasteiger charge is -2.27. The van der Waals surface area contributed by atoms with Gasteiger partial charge < -0.3 is 15.5 Å². The Kier molecular flexibility index (Phi) is 6.45. The number of nitrogens with zero attached hydrogens (tertiary/aromatic N) is 7. The molecule has 14 heteroatoms. The molecule has 10 nitrogen and oxygen atoms in total. The summed E-state index contributed by atoms with van der Waals surface area (Å²) < 4.78 is 43.3. The van der Waals surface area contributed by atoms with E-state index in [-0.39, 0.29) is 40.2 Å². The smallest absolute Gasteiger partial charge is 0.337 e. The number of aromatic nitrogens is 5. The first-order valence-corrected chi connectivity index (χ1v) is 11.5. The van der Waals surface area contributed by atoms with Crippen LogP contribution >= 0.6 is 11.6 Å². The number of carbonyl (C=O) groups excluding carboxylic acids is 1. The zero-order valence-electron chi connectivity index (χ0n) is 19.1. The lowest BCUT2D eigenvalue weighted by atomic mass is 10.1. The summed E-state index contributed by atoms with van der Waals surface area (Å²) in [7, 11) is 0. The maximum atomic E-state index is 13.7. The van der Waals surface area contributed by atoms with Crippen molar-refractivity contribution in [3.05, 3.63) is 59.3 Å². The second-order valence-corrected chi connectivity index (χ2v) is 8.63. The average Bonchev–Trinajstić information content (AvgIpc) is 3.49. The number of imidazole rings is 1. The summed E-state index contributed by atoms with van der Waals surface area (Å²) >= 11 is 6.42. The van der Waals surface area contributed by atoms with E-state index in [9.17, 15) is 18.0 Å². The number of nitriles is 1. The van der Waals surface area contributed by atoms with Crippen molar-refractivity contribution in [2.24, 2.45) is 0 Å². The average molecular weight is 530 g/mol. The number of amides is 1. The minimum absolute atomic E-state index is 0.131. The SMILES string of the molecule is N#CCn1cc(-c2cnc3c(Nc4ccc(C(=O)N5CCNCC5)c(Cl)c4)nccn23)c(C(F)(F)F)n1. The van der Waals surface area contributed by atoms with E-state index in [0.717, 1.165) is 10.9 Å². The predicted molar refractivity (Wildman–Crippen MR) is 128 cm³/mol. The van der Waals surface area contributed by atoms with Gasteiger partial charge in [-0.3, -0.25) is 13.9 Å². The molecule has 1 aliphatic heterocycles. The summed E-state index contributed by atoms with van der Waals surface area (Å²) in [5.74, 6) is 0.109. The zero-order chi connectivity index (χ0) is 26.2. The first-order chi connectivity index (χ1) is 17.8. The molecule has 0 bridgehead atoms. The molecule has 3 aromatic heterocycles. The van der Waals surface area contributed by atoms with Crippen LogP contribution in [0.3, 0.4) is 0 Å². The van der Waals surface area contributed by atoms with Crippen LogP contribution in [0.15, 0.2) is 43.0 Å². The molecule has 0 saturated carbocycles. The molecular weight excluding hydrogens is 511 g/mol. The van der Waals surface area contributed by atoms with E-state index in [1.54, 1.807) is 29.2 Å². The van der Waals surface area contributed by atoms with Crippen LogP contribution in [0.1, 0.15) is 16.1 Å². The molecule has 1 aromatic carbocycles. The van der Waals surface area contributed by atoms with Gasteiger partial charge in [0.1, 0.15) is 6.54 Å². The van der Waals surface area contributed by atoms with Crippen LogP contribution in [0.25, 0.3) is 16.9 Å². The molecule has 1 saturated heterocycles. The maximum absolute atomic E-state index is 13.7. The summed E-state index contributed by atoms with van der Waals surface area (Å²) in [6.45, 7) is 2.29. The number of hydrogen-bond donors (Lipinski definition) is 2. The van der Waals surface area contributed by atoms with Gasteiger partial charge in [-0.2, -0.15) is 23.5 Å². The third-order valence-electron chi connectivity index (χ3n) is 5.83. The van der Waals surface area contributed by atoms with E-state index < -0.39 is 11.9 Å². The molecule has 37 heavy (non-hydrogen) atoms. The van der Waals surface area contributed by atoms with Crippen LogP contribution in [0.4, 0.5) is 24.7 Å². The standard InChI is InChI=1S/C23H19ClF3N9O/c24-17-11-14(1-2-15(17)22(37)34-8-4-29-5-9-34)32-20-21-31-12-18(36(21)10-6-30-20)16-13-35(7-3-28)33-19(16)23(25,26)27/h1-2,6,10-13,29H,4-5,7-9H2,(H,30,32). The highest BCUT2D eigenvalue weighted by atomic mass is 35.5. The topological polar surface area (TPSA) is 116 Å². The maximum Gasteiger partial charge on any atom is 0.435 e. The minimum atomic E-state index is -4.73. The first-order valence-electron chi connectivity index (χ1n) is 11.2. The number of alkyl halides is 3. The highest BCUT2D eigenvalue weighted by molar-refractivity contribution is 6.34. The molecule has 0 aliphatic carbocycles. The molecule has 4 heterocycles. The molecular formula is C23H19ClF3N9O. The van der Waals surface area contributed by atoms with Crippen molar-refractivity contribution >= 4 is 34.7 Å². The predicted octanol–water partition coefficient (Wildman–Crippen LogP) is 3.58. The third kappa shape index (κ3) is 4.81. The normalized spacial score (nSPS) is 14.1. The fraction of sp³-hybridized carbons (Fsp3) is 0.261. The van der Waals surface area contributed by atoms with Crippen molar-refractivity contribution in [3.63, 3.8) is 0 Å². The van der Waals surface area contributed by atoms with Gasteiger partial charge in [0.15, 0.2) is 17.2 Å². The molecule has 190 valence electrons. The number of halogens is 4. The number of anilines is 2. The van der Waals surface area contributed by atoms with Gasteiger partial charge in [0.2, 0.25) is 0 Å². The van der Waals surface area contributed by atoms with Gasteiger partial charge in [0, 0.05) is 50.5 Å². The van der Waals surface area contributed by atoms with Crippen LogP contribution in [0, 0.1) is 11.3 Å². The molecule has 1 fully saturated rings. The van der Waals surface area contributed by atoms with Gasteiger partial charge in [0.25, 0.3) is 5.91 Å². The quantitative estimate of drug-likeness (QED) is 0.406. The molecule has 0 spiro atoms. The van der Waals surface area contributed by atoms with Crippen LogP contribution in [-0.2, 0) is 12.7 Å². The zero-order valence-corrected chi connectivity index (χ0v) is 19.9. The molecule has 0 unspecified atom stereocenters. The lowest BCUT2D eigenvalue weighted by molar-refractivity contribution is -0.141. The van der Waals surface area contributed by atoms with Crippen molar-refractivity contribution in [1.82, 2.24) is 34.4 Å². The molecule has 1 aliphatic rings. The Morgan fingerprint density at radius 3 is 2.73 bits per heavy atom. The third-order valence-corrected chi connectivity index (χ3v) is 6.15. The second kappa shape index (κ2) is 9.72. The molecule has 0 atom stereocenters. The number of carbonyl (C=O) groups is 1. The van der Waals surface area contributed by atoms with Crippen LogP contribution in [-0.4, -0.2) is 61.1 Å². The summed E-state index contributed by atoms with van der Waals surface area (Å²) in [6, 6.07) is 6.65. The highest BCUT2D eigenvalue weighted by Crippen LogP contribution is 2.37. The molecule has 2 N–H and O–H groups in total. The van der Waals surface area contributed by atoms with E-state index in [4.69, 9.17) is 16.9 Å². The van der Waals surface area contributed by atoms with Gasteiger partial charge in [-0.05, 0) is 18.2 Å². The summed E-state index contributed by atoms with van der Waals surface area (Å²) in [5.41, 5.74) is -0.0522. The second-order valence-electron chi connectivity index (χ2n) is 8.22. The van der Waals surface area contributed by atoms with Crippen molar-refractivity contribution in [3.8, 4) is 17.3 Å². The monoisotopic (exact) mass is 529 g/mol. The van der Waals surface area contributed by atoms with Gasteiger partial charge in [0.05, 0.1) is 34.1 Å². The number of fused-ring (bicyclic) bond motifs is 1. The van der Waals surface area contributed by atoms with Crippen LogP contribution in [0.2, 0.25) is 5.02 Å². The highest BCUT2D eigenvalue weighted by Gasteiger charge is 2.38. The number of nitrogens with one attached hydrogen (secondary N) is 2. The van der Waals surface area contributed by atoms with Crippen LogP contribution in [0.5, 0.6) is 0 Å². The Morgan fingerprint density at radius 2 is 2.03 bits per heavy atom. The minimum Gasteiger partial charge on any atom is -0.337 e.